The van der Waals surface area contributed by atoms with Crippen LogP contribution >= 0.6 is 0 Å². The van der Waals surface area contributed by atoms with E-state index in [0.29, 0.717) is 30.3 Å². The number of carbonyl (C=O) groups excluding carboxylic acids is 2. The molecule has 0 atom stereocenters. The number of hydrogen-bond acceptors (Lipinski definition) is 3. The summed E-state index contributed by atoms with van der Waals surface area (Å²) in [5.74, 6) is 0.599. The van der Waals surface area contributed by atoms with E-state index in [9.17, 15) is 9.59 Å². The summed E-state index contributed by atoms with van der Waals surface area (Å²) in [5, 5.41) is 2.84. The summed E-state index contributed by atoms with van der Waals surface area (Å²) in [7, 11) is 0. The topological polar surface area (TPSA) is 62.6 Å². The monoisotopic (exact) mass is 442 g/mol. The van der Waals surface area contributed by atoms with E-state index < -0.39 is 0 Å². The van der Waals surface area contributed by atoms with Crippen molar-refractivity contribution < 1.29 is 14.0 Å². The molecule has 5 heteroatoms. The quantitative estimate of drug-likeness (QED) is 0.537. The van der Waals surface area contributed by atoms with Crippen LogP contribution in [-0.4, -0.2) is 29.8 Å². The van der Waals surface area contributed by atoms with Gasteiger partial charge in [0.05, 0.1) is 6.26 Å². The van der Waals surface area contributed by atoms with Crippen LogP contribution in [0.15, 0.2) is 77.0 Å². The van der Waals surface area contributed by atoms with E-state index >= 15 is 0 Å². The highest BCUT2D eigenvalue weighted by Crippen LogP contribution is 2.23. The van der Waals surface area contributed by atoms with Crippen LogP contribution in [0.25, 0.3) is 6.08 Å². The zero-order valence-electron chi connectivity index (χ0n) is 19.2. The summed E-state index contributed by atoms with van der Waals surface area (Å²) in [6.07, 6.45) is 6.08. The largest absolute Gasteiger partial charge is 0.465 e. The van der Waals surface area contributed by atoms with Crippen LogP contribution in [0.2, 0.25) is 0 Å². The highest BCUT2D eigenvalue weighted by Gasteiger charge is 2.26. The van der Waals surface area contributed by atoms with Gasteiger partial charge in [-0.2, -0.15) is 0 Å². The van der Waals surface area contributed by atoms with Crippen molar-refractivity contribution in [2.75, 3.05) is 13.1 Å². The molecule has 5 nitrogen and oxygen atoms in total. The molecule has 3 aromatic rings. The van der Waals surface area contributed by atoms with Gasteiger partial charge in [-0.05, 0) is 80.0 Å². The SMILES string of the molecule is Cc1ccc(C(=O)NC(=Cc2ccco2)C(=O)N2CCC(Cc3ccccc3)CC2)cc1C. The zero-order valence-corrected chi connectivity index (χ0v) is 19.2. The fourth-order valence-electron chi connectivity index (χ4n) is 4.20. The number of hydrogen-bond donors (Lipinski definition) is 1. The van der Waals surface area contributed by atoms with E-state index in [1.165, 1.54) is 5.56 Å². The molecule has 1 N–H and O–H groups in total. The Morgan fingerprint density at radius 3 is 2.42 bits per heavy atom. The van der Waals surface area contributed by atoms with Crippen molar-refractivity contribution in [2.45, 2.75) is 33.1 Å². The number of carbonyl (C=O) groups is 2. The molecule has 2 amide bonds. The van der Waals surface area contributed by atoms with E-state index in [4.69, 9.17) is 4.42 Å². The molecule has 0 spiro atoms. The maximum Gasteiger partial charge on any atom is 0.270 e. The molecule has 1 saturated heterocycles. The second kappa shape index (κ2) is 10.3. The maximum atomic E-state index is 13.4. The summed E-state index contributed by atoms with van der Waals surface area (Å²) < 4.78 is 5.41. The molecule has 0 bridgehead atoms. The minimum absolute atomic E-state index is 0.179. The highest BCUT2D eigenvalue weighted by atomic mass is 16.3. The highest BCUT2D eigenvalue weighted by molar-refractivity contribution is 6.05. The average molecular weight is 443 g/mol. The lowest BCUT2D eigenvalue weighted by molar-refractivity contribution is -0.128. The number of nitrogens with zero attached hydrogens (tertiary/aromatic N) is 1. The number of amides is 2. The molecule has 170 valence electrons. The van der Waals surface area contributed by atoms with Gasteiger partial charge in [-0.25, -0.2) is 0 Å². The molecule has 1 aliphatic heterocycles. The van der Waals surface area contributed by atoms with Crippen LogP contribution in [0.1, 0.15) is 45.7 Å². The average Bonchev–Trinajstić information content (AvgIpc) is 3.34. The molecule has 33 heavy (non-hydrogen) atoms. The summed E-state index contributed by atoms with van der Waals surface area (Å²) in [6, 6.07) is 19.5. The maximum absolute atomic E-state index is 13.4. The molecule has 1 aromatic heterocycles. The van der Waals surface area contributed by atoms with Gasteiger partial charge in [0, 0.05) is 24.7 Å². The Kier molecular flexibility index (Phi) is 7.08. The van der Waals surface area contributed by atoms with Crippen LogP contribution < -0.4 is 5.32 Å². The van der Waals surface area contributed by atoms with Crippen molar-refractivity contribution in [2.24, 2.45) is 5.92 Å². The Balaban J connectivity index is 1.45. The normalized spacial score (nSPS) is 14.8. The van der Waals surface area contributed by atoms with Gasteiger partial charge >= 0.3 is 0 Å². The summed E-state index contributed by atoms with van der Waals surface area (Å²) in [5.41, 5.74) is 4.24. The summed E-state index contributed by atoms with van der Waals surface area (Å²) in [6.45, 7) is 5.32. The van der Waals surface area contributed by atoms with E-state index in [1.807, 2.05) is 36.9 Å². The van der Waals surface area contributed by atoms with Crippen molar-refractivity contribution in [3.8, 4) is 0 Å². The molecule has 2 aromatic carbocycles. The molecule has 1 fully saturated rings. The molecule has 2 heterocycles. The summed E-state index contributed by atoms with van der Waals surface area (Å²) in [4.78, 5) is 28.1. The Labute approximate surface area is 195 Å². The van der Waals surface area contributed by atoms with E-state index in [1.54, 1.807) is 30.5 Å². The van der Waals surface area contributed by atoms with Crippen LogP contribution in [-0.2, 0) is 11.2 Å². The predicted molar refractivity (Wildman–Crippen MR) is 130 cm³/mol. The van der Waals surface area contributed by atoms with Gasteiger partial charge in [-0.3, -0.25) is 9.59 Å². The minimum Gasteiger partial charge on any atom is -0.465 e. The summed E-state index contributed by atoms with van der Waals surface area (Å²) >= 11 is 0. The third kappa shape index (κ3) is 5.80. The Morgan fingerprint density at radius 2 is 1.76 bits per heavy atom. The van der Waals surface area contributed by atoms with Crippen molar-refractivity contribution in [1.29, 1.82) is 0 Å². The number of rotatable bonds is 6. The number of furan rings is 1. The van der Waals surface area contributed by atoms with Crippen molar-refractivity contribution in [1.82, 2.24) is 10.2 Å². The van der Waals surface area contributed by atoms with Crippen LogP contribution in [0.3, 0.4) is 0 Å². The van der Waals surface area contributed by atoms with Crippen LogP contribution in [0, 0.1) is 19.8 Å². The van der Waals surface area contributed by atoms with E-state index in [-0.39, 0.29) is 17.5 Å². The first kappa shape index (κ1) is 22.6. The lowest BCUT2D eigenvalue weighted by atomic mass is 9.90. The fourth-order valence-corrected chi connectivity index (χ4v) is 4.20. The first-order valence-electron chi connectivity index (χ1n) is 11.5. The first-order chi connectivity index (χ1) is 16.0. The van der Waals surface area contributed by atoms with Gasteiger partial charge in [0.15, 0.2) is 0 Å². The number of nitrogens with one attached hydrogen (secondary N) is 1. The Bertz CT molecular complexity index is 1130. The van der Waals surface area contributed by atoms with Crippen molar-refractivity contribution >= 4 is 17.9 Å². The molecule has 0 aliphatic carbocycles. The van der Waals surface area contributed by atoms with Gasteiger partial charge in [0.2, 0.25) is 0 Å². The molecule has 4 rings (SSSR count). The second-order valence-corrected chi connectivity index (χ2v) is 8.75. The number of benzene rings is 2. The number of likely N-dealkylation sites (tertiary alicyclic amines) is 1. The molecular weight excluding hydrogens is 412 g/mol. The minimum atomic E-state index is -0.303. The lowest BCUT2D eigenvalue weighted by Crippen LogP contribution is -2.43. The fraction of sp³-hybridized carbons (Fsp3) is 0.286. The van der Waals surface area contributed by atoms with Crippen LogP contribution in [0.4, 0.5) is 0 Å². The second-order valence-electron chi connectivity index (χ2n) is 8.75. The van der Waals surface area contributed by atoms with Crippen molar-refractivity contribution in [3.05, 3.63) is 101 Å². The van der Waals surface area contributed by atoms with Gasteiger partial charge in [0.1, 0.15) is 11.5 Å². The predicted octanol–water partition coefficient (Wildman–Crippen LogP) is 5.15. The number of piperidine rings is 1. The smallest absolute Gasteiger partial charge is 0.270 e. The molecule has 0 unspecified atom stereocenters. The van der Waals surface area contributed by atoms with Gasteiger partial charge < -0.3 is 14.6 Å². The first-order valence-corrected chi connectivity index (χ1v) is 11.5. The standard InChI is InChI=1S/C28H30N2O3/c1-20-10-11-24(17-21(20)2)27(31)29-26(19-25-9-6-16-33-25)28(32)30-14-12-23(13-15-30)18-22-7-4-3-5-8-22/h3-11,16-17,19,23H,12-15,18H2,1-2H3,(H,29,31). The molecular formula is C28H30N2O3. The zero-order chi connectivity index (χ0) is 23.2. The van der Waals surface area contributed by atoms with Gasteiger partial charge in [-0.15, -0.1) is 0 Å². The molecule has 1 aliphatic rings. The molecule has 0 radical (unpaired) electrons. The van der Waals surface area contributed by atoms with E-state index in [2.05, 4.69) is 29.6 Å². The van der Waals surface area contributed by atoms with Crippen LogP contribution in [0.5, 0.6) is 0 Å². The Hall–Kier alpha value is -3.60. The molecule has 0 saturated carbocycles. The number of aryl methyl sites for hydroxylation is 2. The Morgan fingerprint density at radius 1 is 1.00 bits per heavy atom. The lowest BCUT2D eigenvalue weighted by Gasteiger charge is -2.32. The third-order valence-corrected chi connectivity index (χ3v) is 6.35. The van der Waals surface area contributed by atoms with E-state index in [0.717, 1.165) is 30.4 Å². The van der Waals surface area contributed by atoms with Gasteiger partial charge in [0.25, 0.3) is 11.8 Å². The van der Waals surface area contributed by atoms with Crippen molar-refractivity contribution in [3.63, 3.8) is 0 Å². The third-order valence-electron chi connectivity index (χ3n) is 6.35. The van der Waals surface area contributed by atoms with Gasteiger partial charge in [-0.1, -0.05) is 36.4 Å².